The molecule has 154 valence electrons. The zero-order valence-electron chi connectivity index (χ0n) is 18.0. The van der Waals surface area contributed by atoms with Gasteiger partial charge in [0.25, 0.3) is 0 Å². The number of ether oxygens (including phenoxy) is 1. The third-order valence-electron chi connectivity index (χ3n) is 5.10. The Morgan fingerprint density at radius 1 is 0.967 bits per heavy atom. The Labute approximate surface area is 183 Å². The van der Waals surface area contributed by atoms with E-state index in [9.17, 15) is 5.26 Å². The van der Waals surface area contributed by atoms with Crippen LogP contribution >= 0.6 is 11.6 Å². The Bertz CT molecular complexity index is 1080. The van der Waals surface area contributed by atoms with E-state index in [1.54, 1.807) is 12.3 Å². The summed E-state index contributed by atoms with van der Waals surface area (Å²) in [4.78, 5) is 8.96. The summed E-state index contributed by atoms with van der Waals surface area (Å²) in [6.07, 6.45) is 1.78. The van der Waals surface area contributed by atoms with Crippen LogP contribution < -0.4 is 4.74 Å². The molecular weight excluding hydrogens is 394 g/mol. The highest BCUT2D eigenvalue weighted by atomic mass is 35.5. The maximum absolute atomic E-state index is 9.24. The van der Waals surface area contributed by atoms with E-state index in [2.05, 4.69) is 50.7 Å². The minimum Gasteiger partial charge on any atom is -0.487 e. The van der Waals surface area contributed by atoms with Crippen LogP contribution in [-0.2, 0) is 17.4 Å². The molecule has 3 aromatic rings. The third-order valence-corrected chi connectivity index (χ3v) is 5.31. The fraction of sp³-hybridized carbons (Fsp3) is 0.320. The highest BCUT2D eigenvalue weighted by molar-refractivity contribution is 6.30. The van der Waals surface area contributed by atoms with Crippen molar-refractivity contribution < 1.29 is 4.74 Å². The first-order valence-electron chi connectivity index (χ1n) is 9.86. The number of hydrogen-bond donors (Lipinski definition) is 0. The van der Waals surface area contributed by atoms with E-state index in [1.165, 1.54) is 0 Å². The van der Waals surface area contributed by atoms with Crippen LogP contribution in [0.15, 0.2) is 54.7 Å². The lowest BCUT2D eigenvalue weighted by atomic mass is 9.78. The van der Waals surface area contributed by atoms with Gasteiger partial charge in [-0.05, 0) is 47.5 Å². The summed E-state index contributed by atoms with van der Waals surface area (Å²) in [6.45, 7) is 10.9. The molecule has 0 amide bonds. The number of nitrogens with zero attached hydrogens (tertiary/aromatic N) is 3. The van der Waals surface area contributed by atoms with Gasteiger partial charge in [-0.3, -0.25) is 0 Å². The number of nitriles is 1. The van der Waals surface area contributed by atoms with Gasteiger partial charge in [0, 0.05) is 22.0 Å². The molecule has 0 bridgehead atoms. The molecule has 4 nitrogen and oxygen atoms in total. The van der Waals surface area contributed by atoms with E-state index in [-0.39, 0.29) is 10.8 Å². The molecule has 0 N–H and O–H groups in total. The van der Waals surface area contributed by atoms with Gasteiger partial charge in [0.15, 0.2) is 0 Å². The van der Waals surface area contributed by atoms with Gasteiger partial charge in [0.2, 0.25) is 0 Å². The van der Waals surface area contributed by atoms with Gasteiger partial charge in [0.05, 0.1) is 17.3 Å². The molecular formula is C25H26ClN3O. The Morgan fingerprint density at radius 3 is 2.30 bits per heavy atom. The topological polar surface area (TPSA) is 58.8 Å². The maximum atomic E-state index is 9.24. The second-order valence-electron chi connectivity index (χ2n) is 8.90. The van der Waals surface area contributed by atoms with Crippen LogP contribution in [0.4, 0.5) is 0 Å². The predicted molar refractivity (Wildman–Crippen MR) is 120 cm³/mol. The summed E-state index contributed by atoms with van der Waals surface area (Å²) in [7, 11) is 0. The predicted octanol–water partition coefficient (Wildman–Crippen LogP) is 6.20. The van der Waals surface area contributed by atoms with Crippen molar-refractivity contribution in [3.8, 4) is 11.8 Å². The van der Waals surface area contributed by atoms with E-state index < -0.39 is 0 Å². The molecule has 0 fully saturated rings. The van der Waals surface area contributed by atoms with Crippen LogP contribution in [0.5, 0.6) is 5.75 Å². The van der Waals surface area contributed by atoms with Crippen LogP contribution in [0, 0.1) is 11.3 Å². The average Bonchev–Trinajstić information content (AvgIpc) is 2.71. The SMILES string of the molecule is CC(C)(C)c1nccc(COc2ccc(C(C)(C)c3cc(Cl)cc(C#N)c3)cc2)n1. The third kappa shape index (κ3) is 4.98. The van der Waals surface area contributed by atoms with Crippen molar-refractivity contribution in [2.24, 2.45) is 0 Å². The Morgan fingerprint density at radius 2 is 1.67 bits per heavy atom. The minimum absolute atomic E-state index is 0.102. The van der Waals surface area contributed by atoms with Crippen molar-refractivity contribution in [1.29, 1.82) is 5.26 Å². The summed E-state index contributed by atoms with van der Waals surface area (Å²) >= 11 is 6.20. The molecule has 0 aliphatic rings. The maximum Gasteiger partial charge on any atom is 0.133 e. The lowest BCUT2D eigenvalue weighted by Gasteiger charge is -2.26. The zero-order valence-corrected chi connectivity index (χ0v) is 18.8. The summed E-state index contributed by atoms with van der Waals surface area (Å²) < 4.78 is 5.93. The van der Waals surface area contributed by atoms with Crippen molar-refractivity contribution in [3.05, 3.63) is 88.0 Å². The standard InChI is InChI=1S/C25H26ClN3O/c1-24(2,3)23-28-11-10-21(29-23)16-30-22-8-6-18(7-9-22)25(4,5)19-12-17(15-27)13-20(26)14-19/h6-14H,16H2,1-5H3. The fourth-order valence-electron chi connectivity index (χ4n) is 3.14. The number of aromatic nitrogens is 2. The lowest BCUT2D eigenvalue weighted by molar-refractivity contribution is 0.299. The highest BCUT2D eigenvalue weighted by Gasteiger charge is 2.24. The van der Waals surface area contributed by atoms with Gasteiger partial charge >= 0.3 is 0 Å². The van der Waals surface area contributed by atoms with Gasteiger partial charge in [-0.2, -0.15) is 5.26 Å². The molecule has 0 saturated carbocycles. The number of hydrogen-bond acceptors (Lipinski definition) is 4. The number of rotatable bonds is 5. The van der Waals surface area contributed by atoms with Crippen LogP contribution in [0.3, 0.4) is 0 Å². The summed E-state index contributed by atoms with van der Waals surface area (Å²) in [5.41, 5.74) is 3.11. The molecule has 30 heavy (non-hydrogen) atoms. The van der Waals surface area contributed by atoms with E-state index >= 15 is 0 Å². The molecule has 0 unspecified atom stereocenters. The Balaban J connectivity index is 1.75. The summed E-state index contributed by atoms with van der Waals surface area (Å²) in [5.74, 6) is 1.58. The van der Waals surface area contributed by atoms with Crippen molar-refractivity contribution in [1.82, 2.24) is 9.97 Å². The van der Waals surface area contributed by atoms with Crippen LogP contribution in [0.2, 0.25) is 5.02 Å². The molecule has 0 aliphatic carbocycles. The van der Waals surface area contributed by atoms with Crippen molar-refractivity contribution in [3.63, 3.8) is 0 Å². The smallest absolute Gasteiger partial charge is 0.133 e. The highest BCUT2D eigenvalue weighted by Crippen LogP contribution is 2.34. The van der Waals surface area contributed by atoms with Gasteiger partial charge < -0.3 is 4.74 Å². The zero-order chi connectivity index (χ0) is 21.9. The minimum atomic E-state index is -0.302. The molecule has 3 rings (SSSR count). The molecule has 0 aliphatic heterocycles. The average molecular weight is 420 g/mol. The molecule has 1 heterocycles. The fourth-order valence-corrected chi connectivity index (χ4v) is 3.38. The van der Waals surface area contributed by atoms with Crippen LogP contribution in [0.25, 0.3) is 0 Å². The van der Waals surface area contributed by atoms with E-state index in [0.29, 0.717) is 17.2 Å². The number of halogens is 1. The van der Waals surface area contributed by atoms with E-state index in [4.69, 9.17) is 16.3 Å². The van der Waals surface area contributed by atoms with Gasteiger partial charge in [-0.1, -0.05) is 58.4 Å². The van der Waals surface area contributed by atoms with E-state index in [1.807, 2.05) is 42.5 Å². The van der Waals surface area contributed by atoms with E-state index in [0.717, 1.165) is 28.4 Å². The number of benzene rings is 2. The van der Waals surface area contributed by atoms with Crippen LogP contribution in [-0.4, -0.2) is 9.97 Å². The molecule has 5 heteroatoms. The second-order valence-corrected chi connectivity index (χ2v) is 9.34. The molecule has 0 atom stereocenters. The molecule has 0 radical (unpaired) electrons. The molecule has 2 aromatic carbocycles. The molecule has 1 aromatic heterocycles. The first-order chi connectivity index (χ1) is 14.1. The lowest BCUT2D eigenvalue weighted by Crippen LogP contribution is -2.19. The first kappa shape index (κ1) is 21.8. The largest absolute Gasteiger partial charge is 0.487 e. The van der Waals surface area contributed by atoms with Crippen molar-refractivity contribution in [2.75, 3.05) is 0 Å². The monoisotopic (exact) mass is 419 g/mol. The van der Waals surface area contributed by atoms with Crippen LogP contribution in [0.1, 0.15) is 62.8 Å². The Hall–Kier alpha value is -2.90. The van der Waals surface area contributed by atoms with Gasteiger partial charge in [-0.25, -0.2) is 9.97 Å². The van der Waals surface area contributed by atoms with Gasteiger partial charge in [0.1, 0.15) is 18.2 Å². The first-order valence-corrected chi connectivity index (χ1v) is 10.2. The van der Waals surface area contributed by atoms with Crippen molar-refractivity contribution in [2.45, 2.75) is 52.1 Å². The van der Waals surface area contributed by atoms with Gasteiger partial charge in [-0.15, -0.1) is 0 Å². The molecule has 0 saturated heterocycles. The molecule has 0 spiro atoms. The summed E-state index contributed by atoms with van der Waals surface area (Å²) in [6, 6.07) is 17.5. The summed E-state index contributed by atoms with van der Waals surface area (Å²) in [5, 5.41) is 9.81. The quantitative estimate of drug-likeness (QED) is 0.493. The van der Waals surface area contributed by atoms with Crippen molar-refractivity contribution >= 4 is 11.6 Å². The second kappa shape index (κ2) is 8.45. The normalized spacial score (nSPS) is 11.8. The Kier molecular flexibility index (Phi) is 6.14.